The van der Waals surface area contributed by atoms with Crippen LogP contribution in [0.5, 0.6) is 0 Å². The Hall–Kier alpha value is -6.26. The van der Waals surface area contributed by atoms with Crippen LogP contribution in [0.3, 0.4) is 0 Å². The highest BCUT2D eigenvalue weighted by atomic mass is 16.3. The van der Waals surface area contributed by atoms with E-state index in [4.69, 9.17) is 14.4 Å². The van der Waals surface area contributed by atoms with Crippen molar-refractivity contribution in [2.24, 2.45) is 9.98 Å². The summed E-state index contributed by atoms with van der Waals surface area (Å²) < 4.78 is 6.44. The molecule has 4 heteroatoms. The molecule has 1 unspecified atom stereocenters. The third-order valence-electron chi connectivity index (χ3n) is 8.92. The lowest BCUT2D eigenvalue weighted by Gasteiger charge is -2.23. The first-order valence-corrected chi connectivity index (χ1v) is 15.9. The van der Waals surface area contributed by atoms with Crippen LogP contribution >= 0.6 is 0 Å². The quantitative estimate of drug-likeness (QED) is 0.213. The molecule has 0 aliphatic carbocycles. The van der Waals surface area contributed by atoms with Crippen LogP contribution < -0.4 is 5.32 Å². The van der Waals surface area contributed by atoms with Gasteiger partial charge in [0, 0.05) is 21.9 Å². The van der Waals surface area contributed by atoms with Crippen LogP contribution in [0.15, 0.2) is 178 Å². The highest BCUT2D eigenvalue weighted by molar-refractivity contribution is 6.24. The molecule has 1 atom stereocenters. The van der Waals surface area contributed by atoms with Gasteiger partial charge in [-0.2, -0.15) is 0 Å². The highest BCUT2D eigenvalue weighted by Crippen LogP contribution is 2.37. The normalized spacial score (nSPS) is 14.6. The maximum absolute atomic E-state index is 6.44. The number of aliphatic imine (C=N–C) groups is 2. The van der Waals surface area contributed by atoms with Gasteiger partial charge in [-0.1, -0.05) is 140 Å². The number of nitrogens with zero attached hydrogens (tertiary/aromatic N) is 2. The van der Waals surface area contributed by atoms with E-state index < -0.39 is 6.17 Å². The Morgan fingerprint density at radius 2 is 1.09 bits per heavy atom. The molecule has 0 spiro atoms. The summed E-state index contributed by atoms with van der Waals surface area (Å²) in [6, 6.07) is 57.0. The number of amidine groups is 2. The van der Waals surface area contributed by atoms with Crippen molar-refractivity contribution < 1.29 is 4.42 Å². The molecule has 0 saturated heterocycles. The fraction of sp³-hybridized carbons (Fsp3) is 0.0233. The summed E-state index contributed by atoms with van der Waals surface area (Å²) in [7, 11) is 0. The summed E-state index contributed by atoms with van der Waals surface area (Å²) in [6.07, 6.45) is -0.430. The van der Waals surface area contributed by atoms with Crippen molar-refractivity contribution in [3.63, 3.8) is 0 Å². The maximum atomic E-state index is 6.44. The molecule has 0 saturated carbocycles. The highest BCUT2D eigenvalue weighted by Gasteiger charge is 2.24. The molecule has 2 heterocycles. The smallest absolute Gasteiger partial charge is 0.169 e. The first-order valence-electron chi connectivity index (χ1n) is 15.9. The first-order chi connectivity index (χ1) is 23.3. The number of furan rings is 1. The van der Waals surface area contributed by atoms with Crippen molar-refractivity contribution in [2.75, 3.05) is 0 Å². The van der Waals surface area contributed by atoms with Crippen molar-refractivity contribution in [1.29, 1.82) is 0 Å². The van der Waals surface area contributed by atoms with E-state index in [9.17, 15) is 0 Å². The average molecular weight is 604 g/mol. The standard InChI is InChI=1S/C43H29N3O/c1-3-11-28(12-4-1)35-26-37(40-36-17-9-10-18-38(36)47-39(40)27-35)43-45-41(31-14-5-2-6-15-31)44-42(46-43)32-22-19-30(20-23-32)34-24-21-29-13-7-8-16-33(29)25-34/h1-27,42H,(H,44,45,46). The van der Waals surface area contributed by atoms with Crippen LogP contribution in [-0.2, 0) is 0 Å². The number of rotatable bonds is 5. The van der Waals surface area contributed by atoms with Crippen LogP contribution in [0, 0.1) is 0 Å². The molecule has 9 rings (SSSR count). The molecule has 0 amide bonds. The van der Waals surface area contributed by atoms with Gasteiger partial charge in [-0.15, -0.1) is 0 Å². The zero-order valence-electron chi connectivity index (χ0n) is 25.5. The second-order valence-electron chi connectivity index (χ2n) is 11.9. The van der Waals surface area contributed by atoms with E-state index in [2.05, 4.69) is 133 Å². The molecule has 0 fully saturated rings. The number of hydrogen-bond donors (Lipinski definition) is 1. The van der Waals surface area contributed by atoms with Gasteiger partial charge in [0.1, 0.15) is 22.8 Å². The van der Waals surface area contributed by atoms with Gasteiger partial charge < -0.3 is 9.73 Å². The molecule has 0 bridgehead atoms. The lowest BCUT2D eigenvalue weighted by atomic mass is 9.97. The molecule has 222 valence electrons. The van der Waals surface area contributed by atoms with Gasteiger partial charge in [-0.25, -0.2) is 9.98 Å². The molecule has 47 heavy (non-hydrogen) atoms. The molecular weight excluding hydrogens is 574 g/mol. The first kappa shape index (κ1) is 27.1. The van der Waals surface area contributed by atoms with Crippen LogP contribution in [-0.4, -0.2) is 11.7 Å². The summed E-state index contributed by atoms with van der Waals surface area (Å²) in [6.45, 7) is 0. The van der Waals surface area contributed by atoms with Gasteiger partial charge in [-0.05, 0) is 62.9 Å². The van der Waals surface area contributed by atoms with E-state index in [1.54, 1.807) is 0 Å². The zero-order valence-corrected chi connectivity index (χ0v) is 25.5. The minimum atomic E-state index is -0.430. The van der Waals surface area contributed by atoms with E-state index in [-0.39, 0.29) is 0 Å². The second kappa shape index (κ2) is 11.3. The lowest BCUT2D eigenvalue weighted by molar-refractivity contribution is 0.669. The summed E-state index contributed by atoms with van der Waals surface area (Å²) >= 11 is 0. The van der Waals surface area contributed by atoms with Crippen molar-refractivity contribution >= 4 is 44.4 Å². The minimum Gasteiger partial charge on any atom is -0.456 e. The Morgan fingerprint density at radius 3 is 1.89 bits per heavy atom. The van der Waals surface area contributed by atoms with Crippen LogP contribution in [0.4, 0.5) is 0 Å². The predicted octanol–water partition coefficient (Wildman–Crippen LogP) is 10.6. The fourth-order valence-corrected chi connectivity index (χ4v) is 6.53. The van der Waals surface area contributed by atoms with Crippen molar-refractivity contribution in [1.82, 2.24) is 5.32 Å². The number of nitrogens with one attached hydrogen (secondary N) is 1. The second-order valence-corrected chi connectivity index (χ2v) is 11.9. The van der Waals surface area contributed by atoms with Crippen molar-refractivity contribution in [3.05, 3.63) is 180 Å². The summed E-state index contributed by atoms with van der Waals surface area (Å²) in [4.78, 5) is 10.4. The predicted molar refractivity (Wildman–Crippen MR) is 194 cm³/mol. The van der Waals surface area contributed by atoms with E-state index in [0.717, 1.165) is 67.0 Å². The SMILES string of the molecule is c1ccc(C2=NC(c3ccc(-c4ccc5ccccc5c4)cc3)N=C(c3cc(-c4ccccc4)cc4oc5ccccc5c34)N2)cc1. The summed E-state index contributed by atoms with van der Waals surface area (Å²) in [5.74, 6) is 1.54. The van der Waals surface area contributed by atoms with Crippen LogP contribution in [0.25, 0.3) is 55.0 Å². The molecule has 1 aromatic heterocycles. The Balaban J connectivity index is 1.19. The average Bonchev–Trinajstić information content (AvgIpc) is 3.53. The molecule has 8 aromatic rings. The minimum absolute atomic E-state index is 0.430. The van der Waals surface area contributed by atoms with Gasteiger partial charge in [-0.3, -0.25) is 0 Å². The number of hydrogen-bond acceptors (Lipinski definition) is 4. The lowest BCUT2D eigenvalue weighted by Crippen LogP contribution is -2.36. The van der Waals surface area contributed by atoms with Gasteiger partial charge in [0.05, 0.1) is 0 Å². The van der Waals surface area contributed by atoms with Gasteiger partial charge in [0.2, 0.25) is 0 Å². The number of fused-ring (bicyclic) bond motifs is 4. The Kier molecular flexibility index (Phi) is 6.50. The summed E-state index contributed by atoms with van der Waals surface area (Å²) in [5.41, 5.74) is 9.21. The largest absolute Gasteiger partial charge is 0.456 e. The topological polar surface area (TPSA) is 49.9 Å². The van der Waals surface area contributed by atoms with Crippen molar-refractivity contribution in [3.8, 4) is 22.3 Å². The van der Waals surface area contributed by atoms with E-state index in [1.165, 1.54) is 16.3 Å². The summed E-state index contributed by atoms with van der Waals surface area (Å²) in [5, 5.41) is 8.18. The van der Waals surface area contributed by atoms with E-state index >= 15 is 0 Å². The number of benzene rings is 7. The van der Waals surface area contributed by atoms with Gasteiger partial charge in [0.15, 0.2) is 6.17 Å². The van der Waals surface area contributed by atoms with Gasteiger partial charge in [0.25, 0.3) is 0 Å². The number of para-hydroxylation sites is 1. The molecule has 1 aliphatic rings. The fourth-order valence-electron chi connectivity index (χ4n) is 6.53. The van der Waals surface area contributed by atoms with E-state index in [0.29, 0.717) is 0 Å². The molecule has 7 aromatic carbocycles. The Bertz CT molecular complexity index is 2480. The van der Waals surface area contributed by atoms with Crippen LogP contribution in [0.2, 0.25) is 0 Å². The third kappa shape index (κ3) is 4.97. The molecule has 0 radical (unpaired) electrons. The van der Waals surface area contributed by atoms with E-state index in [1.807, 2.05) is 36.4 Å². The molecular formula is C43H29N3O. The monoisotopic (exact) mass is 603 g/mol. The molecule has 1 aliphatic heterocycles. The third-order valence-corrected chi connectivity index (χ3v) is 8.92. The van der Waals surface area contributed by atoms with Crippen LogP contribution in [0.1, 0.15) is 22.9 Å². The molecule has 4 nitrogen and oxygen atoms in total. The molecule has 1 N–H and O–H groups in total. The van der Waals surface area contributed by atoms with Crippen molar-refractivity contribution in [2.45, 2.75) is 6.17 Å². The maximum Gasteiger partial charge on any atom is 0.169 e. The van der Waals surface area contributed by atoms with Gasteiger partial charge >= 0.3 is 0 Å². The Labute approximate surface area is 272 Å². The zero-order chi connectivity index (χ0) is 31.2. The Morgan fingerprint density at radius 1 is 0.447 bits per heavy atom.